The number of aliphatic hydroxyl groups excluding tert-OH is 1. The Bertz CT molecular complexity index is 115. The minimum atomic E-state index is -0.340. The highest BCUT2D eigenvalue weighted by molar-refractivity contribution is 4.79. The minimum absolute atomic E-state index is 0.340. The normalized spacial score (nSPS) is 13.9. The number of nitrogens with one attached hydrogen (secondary N) is 1. The summed E-state index contributed by atoms with van der Waals surface area (Å²) >= 11 is 0. The van der Waals surface area contributed by atoms with E-state index < -0.39 is 0 Å². The second kappa shape index (κ2) is 8.71. The van der Waals surface area contributed by atoms with Crippen LogP contribution in [-0.2, 0) is 4.74 Å². The van der Waals surface area contributed by atoms with E-state index in [0.717, 1.165) is 19.5 Å². The molecule has 0 saturated heterocycles. The molecule has 0 aliphatic heterocycles. The minimum Gasteiger partial charge on any atom is -0.391 e. The smallest absolute Gasteiger partial charge is 0.0785 e. The van der Waals surface area contributed by atoms with Crippen LogP contribution in [0, 0.1) is 0 Å². The van der Waals surface area contributed by atoms with E-state index in [-0.39, 0.29) is 6.10 Å². The number of aliphatic hydroxyl groups is 1. The number of hydrogen-bond donors (Lipinski definition) is 2. The van der Waals surface area contributed by atoms with E-state index in [1.807, 2.05) is 19.1 Å². The van der Waals surface area contributed by atoms with Crippen LogP contribution in [-0.4, -0.2) is 38.0 Å². The van der Waals surface area contributed by atoms with Gasteiger partial charge in [-0.25, -0.2) is 0 Å². The standard InChI is InChI=1S/C9H19NO2/c1-3-4-6-10-7-5-9(11)8-12-2/h3-4,9-11H,5-8H2,1-2H3/b4-3+. The van der Waals surface area contributed by atoms with Crippen molar-refractivity contribution < 1.29 is 9.84 Å². The first-order chi connectivity index (χ1) is 5.81. The molecule has 0 radical (unpaired) electrons. The van der Waals surface area contributed by atoms with Gasteiger partial charge < -0.3 is 15.2 Å². The number of methoxy groups -OCH3 is 1. The van der Waals surface area contributed by atoms with Gasteiger partial charge in [0.05, 0.1) is 12.7 Å². The van der Waals surface area contributed by atoms with Crippen LogP contribution in [0.5, 0.6) is 0 Å². The predicted octanol–water partition coefficient (Wildman–Crippen LogP) is 0.549. The van der Waals surface area contributed by atoms with Crippen LogP contribution >= 0.6 is 0 Å². The predicted molar refractivity (Wildman–Crippen MR) is 50.2 cm³/mol. The molecule has 0 spiro atoms. The molecule has 0 aromatic heterocycles. The van der Waals surface area contributed by atoms with Crippen molar-refractivity contribution in [3.05, 3.63) is 12.2 Å². The van der Waals surface area contributed by atoms with Gasteiger partial charge in [-0.05, 0) is 19.9 Å². The molecule has 2 N–H and O–H groups in total. The zero-order valence-corrected chi connectivity index (χ0v) is 7.92. The van der Waals surface area contributed by atoms with Crippen molar-refractivity contribution in [3.8, 4) is 0 Å². The molecule has 0 fully saturated rings. The summed E-state index contributed by atoms with van der Waals surface area (Å²) in [7, 11) is 1.59. The third-order valence-electron chi connectivity index (χ3n) is 1.51. The van der Waals surface area contributed by atoms with Gasteiger partial charge in [-0.15, -0.1) is 0 Å². The maximum absolute atomic E-state index is 9.22. The zero-order valence-electron chi connectivity index (χ0n) is 7.92. The molecule has 12 heavy (non-hydrogen) atoms. The van der Waals surface area contributed by atoms with E-state index in [1.54, 1.807) is 7.11 Å². The lowest BCUT2D eigenvalue weighted by Crippen LogP contribution is -2.23. The third-order valence-corrected chi connectivity index (χ3v) is 1.51. The Morgan fingerprint density at radius 1 is 1.58 bits per heavy atom. The highest BCUT2D eigenvalue weighted by Crippen LogP contribution is 1.89. The topological polar surface area (TPSA) is 41.5 Å². The second-order valence-corrected chi connectivity index (χ2v) is 2.67. The molecular formula is C9H19NO2. The van der Waals surface area contributed by atoms with Crippen molar-refractivity contribution in [1.29, 1.82) is 0 Å². The van der Waals surface area contributed by atoms with Crippen molar-refractivity contribution in [2.75, 3.05) is 26.8 Å². The fraction of sp³-hybridized carbons (Fsp3) is 0.778. The molecule has 0 bridgehead atoms. The van der Waals surface area contributed by atoms with E-state index in [9.17, 15) is 5.11 Å². The van der Waals surface area contributed by atoms with Gasteiger partial charge >= 0.3 is 0 Å². The molecule has 3 heteroatoms. The van der Waals surface area contributed by atoms with Gasteiger partial charge in [-0.1, -0.05) is 12.2 Å². The quantitative estimate of drug-likeness (QED) is 0.436. The summed E-state index contributed by atoms with van der Waals surface area (Å²) in [6.07, 6.45) is 4.44. The molecular weight excluding hydrogens is 154 g/mol. The summed E-state index contributed by atoms with van der Waals surface area (Å²) < 4.78 is 4.79. The molecule has 1 atom stereocenters. The number of ether oxygens (including phenoxy) is 1. The molecule has 0 aromatic rings. The van der Waals surface area contributed by atoms with E-state index in [2.05, 4.69) is 5.32 Å². The van der Waals surface area contributed by atoms with Crippen molar-refractivity contribution in [1.82, 2.24) is 5.32 Å². The maximum atomic E-state index is 9.22. The largest absolute Gasteiger partial charge is 0.391 e. The average molecular weight is 173 g/mol. The van der Waals surface area contributed by atoms with Crippen LogP contribution in [0.4, 0.5) is 0 Å². The lowest BCUT2D eigenvalue weighted by Gasteiger charge is -2.08. The highest BCUT2D eigenvalue weighted by Gasteiger charge is 2.00. The lowest BCUT2D eigenvalue weighted by atomic mass is 10.2. The van der Waals surface area contributed by atoms with Gasteiger partial charge in [0.25, 0.3) is 0 Å². The summed E-state index contributed by atoms with van der Waals surface area (Å²) in [5.74, 6) is 0. The van der Waals surface area contributed by atoms with Crippen LogP contribution in [0.25, 0.3) is 0 Å². The Hall–Kier alpha value is -0.380. The van der Waals surface area contributed by atoms with Crippen molar-refractivity contribution in [3.63, 3.8) is 0 Å². The maximum Gasteiger partial charge on any atom is 0.0785 e. The first-order valence-corrected chi connectivity index (χ1v) is 4.30. The second-order valence-electron chi connectivity index (χ2n) is 2.67. The van der Waals surface area contributed by atoms with Gasteiger partial charge in [0.2, 0.25) is 0 Å². The van der Waals surface area contributed by atoms with Gasteiger partial charge in [-0.2, -0.15) is 0 Å². The molecule has 72 valence electrons. The van der Waals surface area contributed by atoms with Crippen LogP contribution in [0.1, 0.15) is 13.3 Å². The van der Waals surface area contributed by atoms with Crippen molar-refractivity contribution in [2.24, 2.45) is 0 Å². The first kappa shape index (κ1) is 11.6. The van der Waals surface area contributed by atoms with E-state index in [4.69, 9.17) is 4.74 Å². The molecule has 0 rings (SSSR count). The fourth-order valence-corrected chi connectivity index (χ4v) is 0.848. The molecule has 0 amide bonds. The van der Waals surface area contributed by atoms with E-state index in [1.165, 1.54) is 0 Å². The Balaban J connectivity index is 3.08. The zero-order chi connectivity index (χ0) is 9.23. The van der Waals surface area contributed by atoms with Crippen LogP contribution in [0.2, 0.25) is 0 Å². The van der Waals surface area contributed by atoms with Gasteiger partial charge in [0.15, 0.2) is 0 Å². The average Bonchev–Trinajstić information content (AvgIpc) is 2.05. The summed E-state index contributed by atoms with van der Waals surface area (Å²) in [4.78, 5) is 0. The summed E-state index contributed by atoms with van der Waals surface area (Å²) in [6.45, 7) is 4.11. The van der Waals surface area contributed by atoms with E-state index >= 15 is 0 Å². The number of allylic oxidation sites excluding steroid dienone is 1. The van der Waals surface area contributed by atoms with Gasteiger partial charge in [-0.3, -0.25) is 0 Å². The Labute approximate surface area is 74.4 Å². The van der Waals surface area contributed by atoms with Crippen LogP contribution in [0.3, 0.4) is 0 Å². The Morgan fingerprint density at radius 2 is 2.33 bits per heavy atom. The van der Waals surface area contributed by atoms with Crippen LogP contribution in [0.15, 0.2) is 12.2 Å². The van der Waals surface area contributed by atoms with Gasteiger partial charge in [0, 0.05) is 13.7 Å². The number of hydrogen-bond acceptors (Lipinski definition) is 3. The van der Waals surface area contributed by atoms with Gasteiger partial charge in [0.1, 0.15) is 0 Å². The van der Waals surface area contributed by atoms with Crippen molar-refractivity contribution in [2.45, 2.75) is 19.4 Å². The third kappa shape index (κ3) is 7.72. The van der Waals surface area contributed by atoms with Crippen LogP contribution < -0.4 is 5.32 Å². The summed E-state index contributed by atoms with van der Waals surface area (Å²) in [5.41, 5.74) is 0. The van der Waals surface area contributed by atoms with Crippen molar-refractivity contribution >= 4 is 0 Å². The monoisotopic (exact) mass is 173 g/mol. The molecule has 1 unspecified atom stereocenters. The molecule has 0 aliphatic carbocycles. The number of rotatable bonds is 7. The molecule has 3 nitrogen and oxygen atoms in total. The molecule has 0 heterocycles. The first-order valence-electron chi connectivity index (χ1n) is 4.30. The Morgan fingerprint density at radius 3 is 2.92 bits per heavy atom. The summed E-state index contributed by atoms with van der Waals surface area (Å²) in [6, 6.07) is 0. The molecule has 0 aromatic carbocycles. The summed E-state index contributed by atoms with van der Waals surface area (Å²) in [5, 5.41) is 12.4. The SMILES string of the molecule is C/C=C/CNCCC(O)COC. The lowest BCUT2D eigenvalue weighted by molar-refractivity contribution is 0.0596. The van der Waals surface area contributed by atoms with E-state index in [0.29, 0.717) is 6.61 Å². The molecule has 0 aliphatic rings. The molecule has 0 saturated carbocycles. The Kier molecular flexibility index (Phi) is 8.44. The highest BCUT2D eigenvalue weighted by atomic mass is 16.5. The fourth-order valence-electron chi connectivity index (χ4n) is 0.848.